The highest BCUT2D eigenvalue weighted by Gasteiger charge is 2.21. The highest BCUT2D eigenvalue weighted by Crippen LogP contribution is 2.25. The van der Waals surface area contributed by atoms with E-state index in [0.29, 0.717) is 17.0 Å². The van der Waals surface area contributed by atoms with Gasteiger partial charge in [0.15, 0.2) is 5.76 Å². The zero-order chi connectivity index (χ0) is 17.1. The molecule has 1 atom stereocenters. The average molecular weight is 325 g/mol. The van der Waals surface area contributed by atoms with E-state index in [4.69, 9.17) is 9.52 Å². The number of amides is 1. The van der Waals surface area contributed by atoms with E-state index in [1.165, 1.54) is 0 Å². The molecule has 0 radical (unpaired) electrons. The maximum Gasteiger partial charge on any atom is 0.255 e. The molecule has 1 amide bonds. The van der Waals surface area contributed by atoms with E-state index < -0.39 is 0 Å². The molecule has 3 aromatic rings. The van der Waals surface area contributed by atoms with Gasteiger partial charge in [0, 0.05) is 12.2 Å². The molecule has 24 heavy (non-hydrogen) atoms. The summed E-state index contributed by atoms with van der Waals surface area (Å²) in [6.07, 6.45) is 1.67. The number of benzene rings is 1. The van der Waals surface area contributed by atoms with Crippen LogP contribution in [0.4, 0.5) is 0 Å². The monoisotopic (exact) mass is 325 g/mol. The molecule has 1 aromatic carbocycles. The van der Waals surface area contributed by atoms with Crippen LogP contribution in [0.2, 0.25) is 0 Å². The predicted molar refractivity (Wildman–Crippen MR) is 90.0 cm³/mol. The summed E-state index contributed by atoms with van der Waals surface area (Å²) < 4.78 is 7.28. The second-order valence-electron chi connectivity index (χ2n) is 5.64. The van der Waals surface area contributed by atoms with Crippen LogP contribution in [0.3, 0.4) is 0 Å². The number of rotatable bonds is 5. The first-order valence-electron chi connectivity index (χ1n) is 7.72. The Bertz CT molecular complexity index is 836. The number of para-hydroxylation sites is 1. The van der Waals surface area contributed by atoms with Gasteiger partial charge >= 0.3 is 0 Å². The molecule has 1 unspecified atom stereocenters. The Kier molecular flexibility index (Phi) is 4.48. The van der Waals surface area contributed by atoms with Gasteiger partial charge < -0.3 is 14.8 Å². The Balaban J connectivity index is 2.05. The summed E-state index contributed by atoms with van der Waals surface area (Å²) in [6.45, 7) is 3.44. The second kappa shape index (κ2) is 6.72. The van der Waals surface area contributed by atoms with Crippen molar-refractivity contribution in [2.45, 2.75) is 19.9 Å². The molecule has 0 saturated heterocycles. The topological polar surface area (TPSA) is 80.3 Å². The predicted octanol–water partition coefficient (Wildman–Crippen LogP) is 2.55. The highest BCUT2D eigenvalue weighted by molar-refractivity contribution is 5.99. The molecule has 2 N–H and O–H groups in total. The smallest absolute Gasteiger partial charge is 0.255 e. The Morgan fingerprint density at radius 2 is 2.04 bits per heavy atom. The van der Waals surface area contributed by atoms with Crippen LogP contribution in [-0.4, -0.2) is 33.4 Å². The van der Waals surface area contributed by atoms with Gasteiger partial charge in [-0.3, -0.25) is 4.79 Å². The lowest BCUT2D eigenvalue weighted by atomic mass is 10.2. The molecule has 0 aliphatic rings. The number of hydrogen-bond acceptors (Lipinski definition) is 4. The minimum atomic E-state index is -0.344. The lowest BCUT2D eigenvalue weighted by molar-refractivity contribution is 0.0922. The fourth-order valence-electron chi connectivity index (χ4n) is 2.34. The number of aromatic nitrogens is 2. The number of nitrogens with zero attached hydrogens (tertiary/aromatic N) is 2. The molecular weight excluding hydrogens is 306 g/mol. The molecule has 6 nitrogen and oxygen atoms in total. The summed E-state index contributed by atoms with van der Waals surface area (Å²) in [5, 5.41) is 16.4. The van der Waals surface area contributed by atoms with Crippen LogP contribution >= 0.6 is 0 Å². The molecule has 124 valence electrons. The van der Waals surface area contributed by atoms with Crippen LogP contribution in [0.5, 0.6) is 0 Å². The molecule has 0 aliphatic carbocycles. The number of aliphatic hydroxyl groups excluding tert-OH is 1. The van der Waals surface area contributed by atoms with Crippen molar-refractivity contribution in [1.82, 2.24) is 15.1 Å². The van der Waals surface area contributed by atoms with Crippen LogP contribution in [0.15, 0.2) is 53.1 Å². The molecule has 0 fully saturated rings. The van der Waals surface area contributed by atoms with Crippen LogP contribution in [0.25, 0.3) is 17.1 Å². The van der Waals surface area contributed by atoms with Crippen molar-refractivity contribution in [3.8, 4) is 17.1 Å². The average Bonchev–Trinajstić information content (AvgIpc) is 3.21. The number of carbonyl (C=O) groups excluding carboxylic acids is 1. The summed E-state index contributed by atoms with van der Waals surface area (Å²) in [5.74, 6) is 0.973. The van der Waals surface area contributed by atoms with Crippen LogP contribution in [0.1, 0.15) is 23.0 Å². The van der Waals surface area contributed by atoms with E-state index in [1.807, 2.05) is 43.3 Å². The zero-order valence-corrected chi connectivity index (χ0v) is 13.6. The maximum atomic E-state index is 12.5. The molecule has 2 heterocycles. The number of nitrogens with one attached hydrogen (secondary N) is 1. The number of carbonyl (C=O) groups is 1. The van der Waals surface area contributed by atoms with Crippen molar-refractivity contribution in [2.75, 3.05) is 6.61 Å². The fourth-order valence-corrected chi connectivity index (χ4v) is 2.34. The fraction of sp³-hybridized carbons (Fsp3) is 0.222. The molecule has 0 saturated carbocycles. The van der Waals surface area contributed by atoms with E-state index >= 15 is 0 Å². The van der Waals surface area contributed by atoms with Crippen LogP contribution < -0.4 is 5.32 Å². The third kappa shape index (κ3) is 3.23. The van der Waals surface area contributed by atoms with Gasteiger partial charge in [-0.2, -0.15) is 5.10 Å². The van der Waals surface area contributed by atoms with Gasteiger partial charge in [0.05, 0.1) is 17.9 Å². The molecule has 0 aliphatic heterocycles. The molecular formula is C18H19N3O3. The van der Waals surface area contributed by atoms with E-state index in [2.05, 4.69) is 10.4 Å². The summed E-state index contributed by atoms with van der Waals surface area (Å²) in [5.41, 5.74) is 1.71. The number of furan rings is 1. The molecule has 6 heteroatoms. The van der Waals surface area contributed by atoms with Crippen molar-refractivity contribution in [3.05, 3.63) is 60.0 Å². The van der Waals surface area contributed by atoms with Crippen molar-refractivity contribution in [3.63, 3.8) is 0 Å². The largest absolute Gasteiger partial charge is 0.460 e. The third-order valence-corrected chi connectivity index (χ3v) is 3.60. The van der Waals surface area contributed by atoms with E-state index in [0.717, 1.165) is 11.4 Å². The van der Waals surface area contributed by atoms with E-state index in [1.54, 1.807) is 23.9 Å². The van der Waals surface area contributed by atoms with Gasteiger partial charge in [-0.25, -0.2) is 4.68 Å². The van der Waals surface area contributed by atoms with Crippen molar-refractivity contribution >= 4 is 5.91 Å². The minimum absolute atomic E-state index is 0.131. The second-order valence-corrected chi connectivity index (χ2v) is 5.64. The maximum absolute atomic E-state index is 12.5. The number of aryl methyl sites for hydroxylation is 1. The highest BCUT2D eigenvalue weighted by atomic mass is 16.3. The Labute approximate surface area is 139 Å². The van der Waals surface area contributed by atoms with Crippen molar-refractivity contribution < 1.29 is 14.3 Å². The Morgan fingerprint density at radius 3 is 2.67 bits per heavy atom. The number of hydrogen-bond donors (Lipinski definition) is 2. The van der Waals surface area contributed by atoms with Gasteiger partial charge in [0.2, 0.25) is 0 Å². The quantitative estimate of drug-likeness (QED) is 0.755. The van der Waals surface area contributed by atoms with Crippen molar-refractivity contribution in [1.29, 1.82) is 0 Å². The Morgan fingerprint density at radius 1 is 1.29 bits per heavy atom. The van der Waals surface area contributed by atoms with E-state index in [-0.39, 0.29) is 18.6 Å². The van der Waals surface area contributed by atoms with Crippen LogP contribution in [-0.2, 0) is 0 Å². The summed E-state index contributed by atoms with van der Waals surface area (Å²) in [6, 6.07) is 12.8. The summed E-state index contributed by atoms with van der Waals surface area (Å²) >= 11 is 0. The lowest BCUT2D eigenvalue weighted by Crippen LogP contribution is -2.35. The minimum Gasteiger partial charge on any atom is -0.460 e. The number of aliphatic hydroxyl groups is 1. The standard InChI is InChI=1S/C18H19N3O3/c1-12(11-22)19-18(23)15-10-21(14-6-4-3-5-7-14)20-17(15)16-9-8-13(2)24-16/h3-10,12,22H,11H2,1-2H3,(H,19,23). The molecule has 3 rings (SSSR count). The lowest BCUT2D eigenvalue weighted by Gasteiger charge is -2.09. The Hall–Kier alpha value is -2.86. The summed E-state index contributed by atoms with van der Waals surface area (Å²) in [4.78, 5) is 12.5. The first-order valence-corrected chi connectivity index (χ1v) is 7.72. The molecule has 0 bridgehead atoms. The summed E-state index contributed by atoms with van der Waals surface area (Å²) in [7, 11) is 0. The molecule has 0 spiro atoms. The van der Waals surface area contributed by atoms with Gasteiger partial charge in [0.1, 0.15) is 11.5 Å². The zero-order valence-electron chi connectivity index (χ0n) is 13.6. The van der Waals surface area contributed by atoms with E-state index in [9.17, 15) is 4.79 Å². The van der Waals surface area contributed by atoms with Gasteiger partial charge in [-0.05, 0) is 38.1 Å². The van der Waals surface area contributed by atoms with Crippen molar-refractivity contribution in [2.24, 2.45) is 0 Å². The SMILES string of the molecule is Cc1ccc(-c2nn(-c3ccccc3)cc2C(=O)NC(C)CO)o1. The first-order chi connectivity index (χ1) is 11.6. The van der Waals surface area contributed by atoms with Gasteiger partial charge in [-0.15, -0.1) is 0 Å². The first kappa shape index (κ1) is 16.0. The van der Waals surface area contributed by atoms with Gasteiger partial charge in [0.25, 0.3) is 5.91 Å². The van der Waals surface area contributed by atoms with Crippen LogP contribution in [0, 0.1) is 6.92 Å². The van der Waals surface area contributed by atoms with Gasteiger partial charge in [-0.1, -0.05) is 18.2 Å². The molecule has 2 aromatic heterocycles. The third-order valence-electron chi connectivity index (χ3n) is 3.60. The normalized spacial score (nSPS) is 12.1.